The van der Waals surface area contributed by atoms with Crippen molar-refractivity contribution in [2.75, 3.05) is 14.2 Å². The first-order valence-corrected chi connectivity index (χ1v) is 6.26. The standard InChI is InChI=1S/C13H12Cl2N2O2/c1-18-7-13-16-10(6-12(15)17-13)8-3-4-9(14)11(5-8)19-2/h3-6H,7H2,1-2H3. The molecule has 0 radical (unpaired) electrons. The highest BCUT2D eigenvalue weighted by Gasteiger charge is 2.08. The molecular weight excluding hydrogens is 287 g/mol. The largest absolute Gasteiger partial charge is 0.495 e. The van der Waals surface area contributed by atoms with Crippen molar-refractivity contribution in [1.29, 1.82) is 0 Å². The minimum atomic E-state index is 0.304. The third kappa shape index (κ3) is 3.35. The van der Waals surface area contributed by atoms with Gasteiger partial charge in [0.15, 0.2) is 5.82 Å². The molecule has 2 aromatic rings. The van der Waals surface area contributed by atoms with Crippen LogP contribution in [0.4, 0.5) is 0 Å². The smallest absolute Gasteiger partial charge is 0.156 e. The topological polar surface area (TPSA) is 44.2 Å². The second kappa shape index (κ2) is 6.19. The fourth-order valence-electron chi connectivity index (χ4n) is 1.63. The number of aromatic nitrogens is 2. The molecule has 1 aromatic carbocycles. The first kappa shape index (κ1) is 14.1. The van der Waals surface area contributed by atoms with Gasteiger partial charge in [0.1, 0.15) is 17.5 Å². The van der Waals surface area contributed by atoms with Crippen molar-refractivity contribution in [2.24, 2.45) is 0 Å². The van der Waals surface area contributed by atoms with Crippen LogP contribution in [0.5, 0.6) is 5.75 Å². The Morgan fingerprint density at radius 1 is 1.11 bits per heavy atom. The van der Waals surface area contributed by atoms with Crippen LogP contribution in [0.25, 0.3) is 11.3 Å². The molecule has 0 aliphatic rings. The molecule has 0 spiro atoms. The Morgan fingerprint density at radius 2 is 1.89 bits per heavy atom. The van der Waals surface area contributed by atoms with E-state index >= 15 is 0 Å². The number of halogens is 2. The van der Waals surface area contributed by atoms with Crippen molar-refractivity contribution >= 4 is 23.2 Å². The first-order valence-electron chi connectivity index (χ1n) is 5.50. The molecule has 0 fully saturated rings. The second-order valence-electron chi connectivity index (χ2n) is 3.77. The monoisotopic (exact) mass is 298 g/mol. The molecule has 4 nitrogen and oxygen atoms in total. The molecule has 100 valence electrons. The van der Waals surface area contributed by atoms with E-state index in [1.165, 1.54) is 0 Å². The van der Waals surface area contributed by atoms with E-state index in [2.05, 4.69) is 9.97 Å². The lowest BCUT2D eigenvalue weighted by Gasteiger charge is -2.08. The average molecular weight is 299 g/mol. The Morgan fingerprint density at radius 3 is 2.58 bits per heavy atom. The van der Waals surface area contributed by atoms with Gasteiger partial charge in [0.2, 0.25) is 0 Å². The molecule has 6 heteroatoms. The minimum Gasteiger partial charge on any atom is -0.495 e. The fraction of sp³-hybridized carbons (Fsp3) is 0.231. The van der Waals surface area contributed by atoms with Gasteiger partial charge >= 0.3 is 0 Å². The summed E-state index contributed by atoms with van der Waals surface area (Å²) in [7, 11) is 3.14. The second-order valence-corrected chi connectivity index (χ2v) is 4.57. The van der Waals surface area contributed by atoms with E-state index in [9.17, 15) is 0 Å². The van der Waals surface area contributed by atoms with Crippen LogP contribution in [0.1, 0.15) is 5.82 Å². The van der Waals surface area contributed by atoms with Crippen molar-refractivity contribution in [1.82, 2.24) is 9.97 Å². The summed E-state index contributed by atoms with van der Waals surface area (Å²) in [6.07, 6.45) is 0. The summed E-state index contributed by atoms with van der Waals surface area (Å²) in [5.41, 5.74) is 1.55. The summed E-state index contributed by atoms with van der Waals surface area (Å²) >= 11 is 12.0. The van der Waals surface area contributed by atoms with Gasteiger partial charge in [-0.15, -0.1) is 0 Å². The maximum Gasteiger partial charge on any atom is 0.156 e. The normalized spacial score (nSPS) is 10.5. The highest BCUT2D eigenvalue weighted by atomic mass is 35.5. The van der Waals surface area contributed by atoms with E-state index in [-0.39, 0.29) is 0 Å². The van der Waals surface area contributed by atoms with E-state index < -0.39 is 0 Å². The molecule has 0 atom stereocenters. The zero-order valence-electron chi connectivity index (χ0n) is 10.5. The Kier molecular flexibility index (Phi) is 4.58. The summed E-state index contributed by atoms with van der Waals surface area (Å²) in [5.74, 6) is 1.11. The summed E-state index contributed by atoms with van der Waals surface area (Å²) in [5, 5.41) is 0.912. The third-order valence-corrected chi connectivity index (χ3v) is 2.97. The molecule has 0 bridgehead atoms. The lowest BCUT2D eigenvalue weighted by Crippen LogP contribution is -1.99. The van der Waals surface area contributed by atoms with Crippen LogP contribution < -0.4 is 4.74 Å². The van der Waals surface area contributed by atoms with Crippen LogP contribution in [0, 0.1) is 0 Å². The minimum absolute atomic E-state index is 0.304. The lowest BCUT2D eigenvalue weighted by atomic mass is 10.1. The summed E-state index contributed by atoms with van der Waals surface area (Å²) < 4.78 is 10.2. The van der Waals surface area contributed by atoms with Gasteiger partial charge < -0.3 is 9.47 Å². The van der Waals surface area contributed by atoms with Gasteiger partial charge in [-0.2, -0.15) is 0 Å². The van der Waals surface area contributed by atoms with Crippen molar-refractivity contribution in [3.63, 3.8) is 0 Å². The Bertz CT molecular complexity index is 591. The van der Waals surface area contributed by atoms with Crippen LogP contribution in [0.3, 0.4) is 0 Å². The highest BCUT2D eigenvalue weighted by Crippen LogP contribution is 2.30. The summed E-state index contributed by atoms with van der Waals surface area (Å²) in [6.45, 7) is 0.304. The Hall–Kier alpha value is -1.36. The number of nitrogens with zero attached hydrogens (tertiary/aromatic N) is 2. The van der Waals surface area contributed by atoms with Gasteiger partial charge in [0.05, 0.1) is 17.8 Å². The van der Waals surface area contributed by atoms with Crippen molar-refractivity contribution in [2.45, 2.75) is 6.61 Å². The van der Waals surface area contributed by atoms with Gasteiger partial charge in [-0.25, -0.2) is 9.97 Å². The van der Waals surface area contributed by atoms with E-state index in [4.69, 9.17) is 32.7 Å². The SMILES string of the molecule is COCc1nc(Cl)cc(-c2ccc(Cl)c(OC)c2)n1. The molecule has 0 unspecified atom stereocenters. The van der Waals surface area contributed by atoms with Crippen LogP contribution in [-0.2, 0) is 11.3 Å². The number of methoxy groups -OCH3 is 2. The molecular formula is C13H12Cl2N2O2. The highest BCUT2D eigenvalue weighted by molar-refractivity contribution is 6.32. The van der Waals surface area contributed by atoms with Crippen molar-refractivity contribution in [3.8, 4) is 17.0 Å². The number of ether oxygens (including phenoxy) is 2. The molecule has 0 saturated carbocycles. The zero-order valence-corrected chi connectivity index (χ0v) is 12.0. The first-order chi connectivity index (χ1) is 9.13. The summed E-state index contributed by atoms with van der Waals surface area (Å²) in [6, 6.07) is 7.09. The van der Waals surface area contributed by atoms with Crippen LogP contribution in [0.2, 0.25) is 10.2 Å². The maximum absolute atomic E-state index is 5.99. The van der Waals surface area contributed by atoms with Crippen molar-refractivity contribution < 1.29 is 9.47 Å². The predicted octanol–water partition coefficient (Wildman–Crippen LogP) is 3.61. The van der Waals surface area contributed by atoms with Crippen LogP contribution in [-0.4, -0.2) is 24.2 Å². The van der Waals surface area contributed by atoms with Crippen molar-refractivity contribution in [3.05, 3.63) is 40.3 Å². The van der Waals surface area contributed by atoms with E-state index in [1.807, 2.05) is 6.07 Å². The van der Waals surface area contributed by atoms with E-state index in [0.717, 1.165) is 5.56 Å². The fourth-order valence-corrected chi connectivity index (χ4v) is 2.02. The van der Waals surface area contributed by atoms with Crippen LogP contribution in [0.15, 0.2) is 24.3 Å². The molecule has 19 heavy (non-hydrogen) atoms. The average Bonchev–Trinajstić information content (AvgIpc) is 2.39. The molecule has 0 aliphatic carbocycles. The Labute approximate surface area is 121 Å². The Balaban J connectivity index is 2.46. The van der Waals surface area contributed by atoms with E-state index in [0.29, 0.717) is 34.1 Å². The predicted molar refractivity (Wildman–Crippen MR) is 74.8 cm³/mol. The number of hydrogen-bond donors (Lipinski definition) is 0. The lowest BCUT2D eigenvalue weighted by molar-refractivity contribution is 0.178. The van der Waals surface area contributed by atoms with E-state index in [1.54, 1.807) is 32.4 Å². The quantitative estimate of drug-likeness (QED) is 0.809. The molecule has 1 aromatic heterocycles. The molecule has 2 rings (SSSR count). The van der Waals surface area contributed by atoms with Gasteiger partial charge in [-0.3, -0.25) is 0 Å². The van der Waals surface area contributed by atoms with Gasteiger partial charge in [0.25, 0.3) is 0 Å². The molecule has 0 amide bonds. The third-order valence-electron chi connectivity index (χ3n) is 2.46. The van der Waals surface area contributed by atoms with Gasteiger partial charge in [-0.05, 0) is 12.1 Å². The number of benzene rings is 1. The maximum atomic E-state index is 5.99. The zero-order chi connectivity index (χ0) is 13.8. The van der Waals surface area contributed by atoms with Gasteiger partial charge in [0, 0.05) is 18.7 Å². The van der Waals surface area contributed by atoms with Crippen LogP contribution >= 0.6 is 23.2 Å². The molecule has 1 heterocycles. The molecule has 0 aliphatic heterocycles. The molecule has 0 saturated heterocycles. The molecule has 0 N–H and O–H groups in total. The number of hydrogen-bond acceptors (Lipinski definition) is 4. The summed E-state index contributed by atoms with van der Waals surface area (Å²) in [4.78, 5) is 8.46. The van der Waals surface area contributed by atoms with Gasteiger partial charge in [-0.1, -0.05) is 29.3 Å². The number of rotatable bonds is 4.